The summed E-state index contributed by atoms with van der Waals surface area (Å²) < 4.78 is 25.9. The van der Waals surface area contributed by atoms with Crippen molar-refractivity contribution in [2.75, 3.05) is 11.6 Å². The average molecular weight is 283 g/mol. The molecule has 4 nitrogen and oxygen atoms in total. The van der Waals surface area contributed by atoms with E-state index in [0.29, 0.717) is 18.7 Å². The van der Waals surface area contributed by atoms with E-state index in [1.54, 1.807) is 13.1 Å². The highest BCUT2D eigenvalue weighted by Gasteiger charge is 2.16. The van der Waals surface area contributed by atoms with Gasteiger partial charge in [-0.05, 0) is 19.8 Å². The van der Waals surface area contributed by atoms with Gasteiger partial charge in [-0.3, -0.25) is 0 Å². The first kappa shape index (κ1) is 13.9. The van der Waals surface area contributed by atoms with Crippen molar-refractivity contribution in [2.45, 2.75) is 25.8 Å². The van der Waals surface area contributed by atoms with E-state index in [1.165, 1.54) is 11.3 Å². The minimum Gasteiger partial charge on any atom is -0.248 e. The number of hydrogen-bond donors (Lipinski definition) is 1. The van der Waals surface area contributed by atoms with Crippen LogP contribution >= 0.6 is 22.9 Å². The number of aromatic nitrogens is 1. The van der Waals surface area contributed by atoms with Crippen molar-refractivity contribution in [3.8, 4) is 0 Å². The summed E-state index contributed by atoms with van der Waals surface area (Å²) in [5.41, 5.74) is 0. The Morgan fingerprint density at radius 2 is 2.31 bits per heavy atom. The number of nitrogens with zero attached hydrogens (tertiary/aromatic N) is 1. The van der Waals surface area contributed by atoms with E-state index in [0.717, 1.165) is 5.01 Å². The third-order valence-corrected chi connectivity index (χ3v) is 4.74. The topological polar surface area (TPSA) is 59.1 Å². The summed E-state index contributed by atoms with van der Waals surface area (Å²) in [5, 5.41) is 2.61. The Hall–Kier alpha value is -0.170. The predicted octanol–water partition coefficient (Wildman–Crippen LogP) is 2.14. The van der Waals surface area contributed by atoms with E-state index in [1.807, 2.05) is 5.38 Å². The zero-order valence-corrected chi connectivity index (χ0v) is 11.4. The molecule has 0 bridgehead atoms. The smallest absolute Gasteiger partial charge is 0.212 e. The van der Waals surface area contributed by atoms with E-state index >= 15 is 0 Å². The largest absolute Gasteiger partial charge is 0.248 e. The third kappa shape index (κ3) is 4.78. The molecule has 16 heavy (non-hydrogen) atoms. The second-order valence-corrected chi connectivity index (χ2v) is 6.60. The van der Waals surface area contributed by atoms with Crippen LogP contribution in [0.3, 0.4) is 0 Å². The number of rotatable bonds is 7. The minimum atomic E-state index is -3.22. The maximum atomic E-state index is 11.6. The molecule has 1 rings (SSSR count). The average Bonchev–Trinajstić information content (AvgIpc) is 2.69. The Labute approximate surface area is 105 Å². The molecule has 1 atom stereocenters. The standard InChI is InChI=1S/C9H15ClN2O2S2/c1-8(9-11-5-6-15-9)12-16(13,14)7-3-2-4-10/h5-6,8,12H,2-4,7H2,1H3. The van der Waals surface area contributed by atoms with Gasteiger partial charge < -0.3 is 0 Å². The lowest BCUT2D eigenvalue weighted by Gasteiger charge is -2.11. The number of thiazole rings is 1. The fraction of sp³-hybridized carbons (Fsp3) is 0.667. The van der Waals surface area contributed by atoms with Crippen LogP contribution in [0.1, 0.15) is 30.8 Å². The summed E-state index contributed by atoms with van der Waals surface area (Å²) in [5.74, 6) is 0.618. The van der Waals surface area contributed by atoms with Crippen molar-refractivity contribution >= 4 is 33.0 Å². The summed E-state index contributed by atoms with van der Waals surface area (Å²) in [6.07, 6.45) is 2.97. The lowest BCUT2D eigenvalue weighted by atomic mass is 10.4. The second kappa shape index (κ2) is 6.54. The van der Waals surface area contributed by atoms with Crippen molar-refractivity contribution in [1.29, 1.82) is 0 Å². The third-order valence-electron chi connectivity index (χ3n) is 1.97. The van der Waals surface area contributed by atoms with Crippen molar-refractivity contribution in [3.05, 3.63) is 16.6 Å². The SMILES string of the molecule is CC(NS(=O)(=O)CCCCCl)c1nccs1. The molecule has 0 radical (unpaired) electrons. The molecular weight excluding hydrogens is 268 g/mol. The summed E-state index contributed by atoms with van der Waals surface area (Å²) in [6, 6.07) is -0.263. The lowest BCUT2D eigenvalue weighted by Crippen LogP contribution is -2.29. The summed E-state index contributed by atoms with van der Waals surface area (Å²) in [4.78, 5) is 4.07. The number of nitrogens with one attached hydrogen (secondary N) is 1. The van der Waals surface area contributed by atoms with Crippen LogP contribution in [0.5, 0.6) is 0 Å². The van der Waals surface area contributed by atoms with Gasteiger partial charge in [-0.1, -0.05) is 0 Å². The van der Waals surface area contributed by atoms with Gasteiger partial charge in [0.1, 0.15) is 5.01 Å². The molecule has 1 heterocycles. The molecule has 7 heteroatoms. The molecule has 0 saturated carbocycles. The van der Waals surface area contributed by atoms with Gasteiger partial charge in [-0.15, -0.1) is 22.9 Å². The van der Waals surface area contributed by atoms with Crippen LogP contribution in [0.25, 0.3) is 0 Å². The van der Waals surface area contributed by atoms with Crippen LogP contribution < -0.4 is 4.72 Å². The van der Waals surface area contributed by atoms with Gasteiger partial charge in [-0.25, -0.2) is 18.1 Å². The van der Waals surface area contributed by atoms with Crippen molar-refractivity contribution in [1.82, 2.24) is 9.71 Å². The van der Waals surface area contributed by atoms with Crippen LogP contribution in [0, 0.1) is 0 Å². The van der Waals surface area contributed by atoms with Crippen LogP contribution in [-0.2, 0) is 10.0 Å². The first-order valence-electron chi connectivity index (χ1n) is 5.00. The molecule has 1 N–H and O–H groups in total. The number of alkyl halides is 1. The molecule has 0 fully saturated rings. The summed E-state index contributed by atoms with van der Waals surface area (Å²) >= 11 is 6.93. The van der Waals surface area contributed by atoms with Gasteiger partial charge in [0.25, 0.3) is 0 Å². The Morgan fingerprint density at radius 1 is 1.56 bits per heavy atom. The molecule has 92 valence electrons. The van der Waals surface area contributed by atoms with E-state index < -0.39 is 10.0 Å². The van der Waals surface area contributed by atoms with E-state index in [9.17, 15) is 8.42 Å². The number of unbranched alkanes of at least 4 members (excludes halogenated alkanes) is 1. The van der Waals surface area contributed by atoms with Crippen LogP contribution in [0.4, 0.5) is 0 Å². The van der Waals surface area contributed by atoms with Crippen LogP contribution in [0.15, 0.2) is 11.6 Å². The summed E-state index contributed by atoms with van der Waals surface area (Å²) in [7, 11) is -3.22. The number of hydrogen-bond acceptors (Lipinski definition) is 4. The molecule has 1 aromatic rings. The highest BCUT2D eigenvalue weighted by molar-refractivity contribution is 7.89. The molecule has 0 aliphatic carbocycles. The molecule has 0 saturated heterocycles. The van der Waals surface area contributed by atoms with Gasteiger partial charge in [0.15, 0.2) is 0 Å². The molecule has 0 aromatic carbocycles. The monoisotopic (exact) mass is 282 g/mol. The van der Waals surface area contributed by atoms with E-state index in [2.05, 4.69) is 9.71 Å². The maximum absolute atomic E-state index is 11.6. The molecule has 0 aliphatic rings. The first-order valence-corrected chi connectivity index (χ1v) is 8.07. The molecule has 1 unspecified atom stereocenters. The van der Waals surface area contributed by atoms with Gasteiger partial charge >= 0.3 is 0 Å². The highest BCUT2D eigenvalue weighted by atomic mass is 35.5. The van der Waals surface area contributed by atoms with Crippen molar-refractivity contribution in [2.24, 2.45) is 0 Å². The van der Waals surface area contributed by atoms with E-state index in [-0.39, 0.29) is 11.8 Å². The Bertz CT molecular complexity index is 392. The van der Waals surface area contributed by atoms with Gasteiger partial charge in [-0.2, -0.15) is 0 Å². The van der Waals surface area contributed by atoms with E-state index in [4.69, 9.17) is 11.6 Å². The molecule has 0 amide bonds. The normalized spacial score (nSPS) is 13.9. The molecule has 0 aliphatic heterocycles. The van der Waals surface area contributed by atoms with Gasteiger partial charge in [0.2, 0.25) is 10.0 Å². The Balaban J connectivity index is 2.46. The Kier molecular flexibility index (Phi) is 5.68. The molecular formula is C9H15ClN2O2S2. The van der Waals surface area contributed by atoms with Gasteiger partial charge in [0.05, 0.1) is 11.8 Å². The zero-order valence-electron chi connectivity index (χ0n) is 9.02. The predicted molar refractivity (Wildman–Crippen MR) is 67.4 cm³/mol. The van der Waals surface area contributed by atoms with Gasteiger partial charge in [0, 0.05) is 17.5 Å². The fourth-order valence-corrected chi connectivity index (χ4v) is 3.48. The zero-order chi connectivity index (χ0) is 12.0. The summed E-state index contributed by atoms with van der Waals surface area (Å²) in [6.45, 7) is 1.79. The van der Waals surface area contributed by atoms with Crippen LogP contribution in [-0.4, -0.2) is 25.0 Å². The lowest BCUT2D eigenvalue weighted by molar-refractivity contribution is 0.563. The maximum Gasteiger partial charge on any atom is 0.212 e. The second-order valence-electron chi connectivity index (χ2n) is 3.42. The van der Waals surface area contributed by atoms with Crippen molar-refractivity contribution < 1.29 is 8.42 Å². The quantitative estimate of drug-likeness (QED) is 0.616. The highest BCUT2D eigenvalue weighted by Crippen LogP contribution is 2.15. The first-order chi connectivity index (χ1) is 7.55. The van der Waals surface area contributed by atoms with Crippen molar-refractivity contribution in [3.63, 3.8) is 0 Å². The Morgan fingerprint density at radius 3 is 2.88 bits per heavy atom. The minimum absolute atomic E-state index is 0.120. The fourth-order valence-electron chi connectivity index (χ4n) is 1.21. The van der Waals surface area contributed by atoms with Crippen LogP contribution in [0.2, 0.25) is 0 Å². The molecule has 0 spiro atoms. The number of sulfonamides is 1. The molecule has 1 aromatic heterocycles. The number of halogens is 1.